The van der Waals surface area contributed by atoms with Crippen LogP contribution in [0.1, 0.15) is 0 Å². The van der Waals surface area contributed by atoms with Gasteiger partial charge in [0.1, 0.15) is 18.0 Å². The molecule has 0 amide bonds. The van der Waals surface area contributed by atoms with E-state index in [-0.39, 0.29) is 10.2 Å². The Morgan fingerprint density at radius 3 is 2.37 bits per heavy atom. The lowest BCUT2D eigenvalue weighted by Gasteiger charge is -2.17. The Hall–Kier alpha value is -3.82. The molecule has 182 valence electrons. The summed E-state index contributed by atoms with van der Waals surface area (Å²) in [4.78, 5) is 27.0. The van der Waals surface area contributed by atoms with E-state index in [0.29, 0.717) is 18.7 Å². The van der Waals surface area contributed by atoms with Gasteiger partial charge in [0.05, 0.1) is 20.6 Å². The quantitative estimate of drug-likeness (QED) is 0.342. The molecule has 15 heteroatoms. The average Bonchev–Trinajstić information content (AvgIpc) is 3.27. The smallest absolute Gasteiger partial charge is 0.345 e. The molecular formula is C20H15F3N6O4S2. The van der Waals surface area contributed by atoms with Gasteiger partial charge in [-0.15, -0.1) is 11.3 Å². The van der Waals surface area contributed by atoms with E-state index >= 15 is 0 Å². The Labute approximate surface area is 200 Å². The summed E-state index contributed by atoms with van der Waals surface area (Å²) in [5.41, 5.74) is 3.65. The zero-order chi connectivity index (χ0) is 25.2. The minimum atomic E-state index is -5.35. The highest BCUT2D eigenvalue weighted by Crippen LogP contribution is 2.26. The third-order valence-electron chi connectivity index (χ3n) is 4.46. The normalized spacial score (nSPS) is 12.0. The summed E-state index contributed by atoms with van der Waals surface area (Å²) < 4.78 is 63.2. The number of fused-ring (bicyclic) bond motifs is 1. The minimum absolute atomic E-state index is 0.144. The summed E-state index contributed by atoms with van der Waals surface area (Å²) in [5.74, 6) is -1.89. The van der Waals surface area contributed by atoms with E-state index < -0.39 is 27.1 Å². The van der Waals surface area contributed by atoms with Crippen molar-refractivity contribution in [2.45, 2.75) is 11.1 Å². The molecule has 0 bridgehead atoms. The number of thiazole rings is 1. The molecule has 2 heterocycles. The Morgan fingerprint density at radius 1 is 1.00 bits per heavy atom. The van der Waals surface area contributed by atoms with E-state index in [2.05, 4.69) is 30.4 Å². The Morgan fingerprint density at radius 2 is 1.69 bits per heavy atom. The first-order valence-corrected chi connectivity index (χ1v) is 11.9. The number of sulfonamides is 1. The van der Waals surface area contributed by atoms with Crippen LogP contribution >= 0.6 is 11.3 Å². The fourth-order valence-electron chi connectivity index (χ4n) is 2.82. The Kier molecular flexibility index (Phi) is 6.56. The molecule has 0 saturated heterocycles. The Balaban J connectivity index is 1.50. The summed E-state index contributed by atoms with van der Waals surface area (Å²) in [6.07, 6.45) is -4.06. The summed E-state index contributed by atoms with van der Waals surface area (Å²) in [5, 5.41) is 6.04. The van der Waals surface area contributed by atoms with E-state index in [1.165, 1.54) is 29.8 Å². The fourth-order valence-corrected chi connectivity index (χ4v) is 4.53. The van der Waals surface area contributed by atoms with Crippen LogP contribution in [0.15, 0.2) is 65.3 Å². The number of hydrogen-bond donors (Lipinski definition) is 2. The van der Waals surface area contributed by atoms with Gasteiger partial charge in [0, 0.05) is 24.5 Å². The largest absolute Gasteiger partial charge is 0.492 e. The molecule has 2 aromatic carbocycles. The summed E-state index contributed by atoms with van der Waals surface area (Å²) in [7, 11) is -3.88. The van der Waals surface area contributed by atoms with E-state index in [4.69, 9.17) is 0 Å². The number of hydrogen-bond acceptors (Lipinski definition) is 10. The van der Waals surface area contributed by atoms with Gasteiger partial charge in [0.15, 0.2) is 0 Å². The fraction of sp³-hybridized carbons (Fsp3) is 0.100. The second kappa shape index (κ2) is 9.44. The average molecular weight is 525 g/mol. The number of carbonyl (C=O) groups is 1. The molecule has 0 aliphatic rings. The monoisotopic (exact) mass is 524 g/mol. The lowest BCUT2D eigenvalue weighted by Crippen LogP contribution is -2.36. The summed E-state index contributed by atoms with van der Waals surface area (Å²) >= 11 is 1.49. The molecule has 35 heavy (non-hydrogen) atoms. The zero-order valence-electron chi connectivity index (χ0n) is 17.6. The topological polar surface area (TPSA) is 126 Å². The van der Waals surface area contributed by atoms with E-state index in [0.717, 1.165) is 28.0 Å². The van der Waals surface area contributed by atoms with Gasteiger partial charge in [-0.05, 0) is 40.9 Å². The molecular weight excluding hydrogens is 509 g/mol. The van der Waals surface area contributed by atoms with Crippen LogP contribution in [0, 0.1) is 0 Å². The highest BCUT2D eigenvalue weighted by Gasteiger charge is 2.43. The lowest BCUT2D eigenvalue weighted by atomic mass is 10.3. The van der Waals surface area contributed by atoms with Gasteiger partial charge < -0.3 is 15.5 Å². The van der Waals surface area contributed by atoms with Crippen molar-refractivity contribution in [1.82, 2.24) is 19.4 Å². The number of rotatable bonds is 7. The van der Waals surface area contributed by atoms with Crippen molar-refractivity contribution in [3.63, 3.8) is 0 Å². The number of nitrogens with zero attached hydrogens (tertiary/aromatic N) is 4. The zero-order valence-corrected chi connectivity index (χ0v) is 19.3. The first-order chi connectivity index (χ1) is 16.5. The van der Waals surface area contributed by atoms with Gasteiger partial charge in [-0.1, -0.05) is 6.07 Å². The predicted octanol–water partition coefficient (Wildman–Crippen LogP) is 4.21. The van der Waals surface area contributed by atoms with Crippen molar-refractivity contribution in [2.24, 2.45) is 0 Å². The third kappa shape index (κ3) is 5.64. The second-order valence-corrected chi connectivity index (χ2v) is 9.71. The first kappa shape index (κ1) is 24.3. The molecule has 4 rings (SSSR count). The van der Waals surface area contributed by atoms with Crippen LogP contribution in [0.2, 0.25) is 0 Å². The van der Waals surface area contributed by atoms with Crippen LogP contribution in [0.3, 0.4) is 0 Å². The number of hydroxylamine groups is 1. The third-order valence-corrected chi connectivity index (χ3v) is 6.85. The van der Waals surface area contributed by atoms with Crippen LogP contribution in [-0.4, -0.2) is 47.0 Å². The van der Waals surface area contributed by atoms with Crippen molar-refractivity contribution in [1.29, 1.82) is 0 Å². The number of aromatic nitrogens is 3. The van der Waals surface area contributed by atoms with E-state index in [9.17, 15) is 26.4 Å². The molecule has 0 atom stereocenters. The van der Waals surface area contributed by atoms with Crippen molar-refractivity contribution in [2.75, 3.05) is 17.7 Å². The molecule has 2 N–H and O–H groups in total. The number of anilines is 4. The van der Waals surface area contributed by atoms with Crippen molar-refractivity contribution in [3.8, 4) is 0 Å². The van der Waals surface area contributed by atoms with E-state index in [1.54, 1.807) is 11.6 Å². The lowest BCUT2D eigenvalue weighted by molar-refractivity contribution is -0.219. The molecule has 0 fully saturated rings. The maximum absolute atomic E-state index is 12.5. The number of carbonyl (C=O) groups excluding carboxylic acids is 1. The van der Waals surface area contributed by atoms with Crippen LogP contribution in [0.4, 0.5) is 36.2 Å². The summed E-state index contributed by atoms with van der Waals surface area (Å²) in [6, 6.07) is 12.4. The molecule has 2 aromatic heterocycles. The molecule has 4 aromatic rings. The highest BCUT2D eigenvalue weighted by molar-refractivity contribution is 7.89. The van der Waals surface area contributed by atoms with Crippen LogP contribution in [0.25, 0.3) is 10.2 Å². The van der Waals surface area contributed by atoms with Gasteiger partial charge in [0.25, 0.3) is 10.0 Å². The maximum atomic E-state index is 12.5. The molecule has 10 nitrogen and oxygen atoms in total. The van der Waals surface area contributed by atoms with E-state index in [1.807, 2.05) is 18.2 Å². The number of benzene rings is 2. The van der Waals surface area contributed by atoms with Crippen LogP contribution < -0.4 is 10.6 Å². The van der Waals surface area contributed by atoms with Gasteiger partial charge in [0.2, 0.25) is 0 Å². The number of alkyl halides is 3. The number of halogens is 3. The second-order valence-electron chi connectivity index (χ2n) is 6.89. The van der Waals surface area contributed by atoms with Gasteiger partial charge in [-0.2, -0.15) is 13.2 Å². The standard InChI is InChI=1S/C20H15F3N6O4S2/c1-29(33-19(30)20(21,22)23)35(31,32)14-4-2-3-12(7-14)27-17-9-18(25-10-24-17)28-13-5-6-15-16(8-13)34-11-26-15/h2-11H,1H3,(H2,24,25,27,28). The molecule has 0 radical (unpaired) electrons. The maximum Gasteiger partial charge on any atom is 0.492 e. The van der Waals surface area contributed by atoms with Gasteiger partial charge >= 0.3 is 12.1 Å². The molecule has 0 saturated carbocycles. The predicted molar refractivity (Wildman–Crippen MR) is 122 cm³/mol. The van der Waals surface area contributed by atoms with Crippen molar-refractivity contribution < 1.29 is 31.2 Å². The first-order valence-electron chi connectivity index (χ1n) is 9.60. The highest BCUT2D eigenvalue weighted by atomic mass is 32.2. The minimum Gasteiger partial charge on any atom is -0.345 e. The van der Waals surface area contributed by atoms with Gasteiger partial charge in [-0.3, -0.25) is 0 Å². The van der Waals surface area contributed by atoms with Crippen molar-refractivity contribution >= 4 is 60.6 Å². The number of nitrogens with one attached hydrogen (secondary N) is 2. The van der Waals surface area contributed by atoms with Crippen LogP contribution in [-0.2, 0) is 19.7 Å². The molecule has 0 unspecified atom stereocenters. The molecule has 0 spiro atoms. The summed E-state index contributed by atoms with van der Waals surface area (Å²) in [6.45, 7) is 0. The van der Waals surface area contributed by atoms with Gasteiger partial charge in [-0.25, -0.2) is 28.2 Å². The molecule has 0 aliphatic carbocycles. The van der Waals surface area contributed by atoms with Crippen LogP contribution in [0.5, 0.6) is 0 Å². The SMILES string of the molecule is CN(OC(=O)C(F)(F)F)S(=O)(=O)c1cccc(Nc2cc(Nc3ccc4ncsc4c3)ncn2)c1. The molecule has 0 aliphatic heterocycles. The Bertz CT molecular complexity index is 1490. The van der Waals surface area contributed by atoms with Crippen molar-refractivity contribution in [3.05, 3.63) is 60.4 Å².